The van der Waals surface area contributed by atoms with E-state index < -0.39 is 11.8 Å². The van der Waals surface area contributed by atoms with Crippen molar-refractivity contribution in [1.82, 2.24) is 0 Å². The van der Waals surface area contributed by atoms with Gasteiger partial charge in [0.1, 0.15) is 11.5 Å². The summed E-state index contributed by atoms with van der Waals surface area (Å²) in [6.45, 7) is 3.86. The van der Waals surface area contributed by atoms with Crippen molar-refractivity contribution in [2.24, 2.45) is 0 Å². The van der Waals surface area contributed by atoms with Gasteiger partial charge in [-0.25, -0.2) is 0 Å². The summed E-state index contributed by atoms with van der Waals surface area (Å²) in [5.74, 6) is 0.181. The Balaban J connectivity index is 1.63. The van der Waals surface area contributed by atoms with Crippen LogP contribution in [0, 0.1) is 0 Å². The van der Waals surface area contributed by atoms with Gasteiger partial charge in [-0.2, -0.15) is 0 Å². The number of hydrogen-bond acceptors (Lipinski definition) is 4. The summed E-state index contributed by atoms with van der Waals surface area (Å²) in [5.41, 5.74) is 0.896. The van der Waals surface area contributed by atoms with Gasteiger partial charge >= 0.3 is 11.8 Å². The maximum absolute atomic E-state index is 12.3. The second-order valence-corrected chi connectivity index (χ2v) is 6.51. The number of rotatable bonds is 6. The molecule has 0 unspecified atom stereocenters. The summed E-state index contributed by atoms with van der Waals surface area (Å²) in [5, 5.41) is 5.15. The topological polar surface area (TPSA) is 76.7 Å². The van der Waals surface area contributed by atoms with Gasteiger partial charge in [0.2, 0.25) is 0 Å². The number of ether oxygens (including phenoxy) is 2. The summed E-state index contributed by atoms with van der Waals surface area (Å²) in [4.78, 5) is 24.6. The predicted molar refractivity (Wildman–Crippen MR) is 112 cm³/mol. The smallest absolute Gasteiger partial charge is 0.314 e. The summed E-state index contributed by atoms with van der Waals surface area (Å²) >= 11 is 0. The summed E-state index contributed by atoms with van der Waals surface area (Å²) in [6.07, 6.45) is 0.0550. The van der Waals surface area contributed by atoms with Crippen LogP contribution in [0.1, 0.15) is 13.8 Å². The van der Waals surface area contributed by atoms with Crippen LogP contribution in [-0.2, 0) is 9.59 Å². The quantitative estimate of drug-likeness (QED) is 0.590. The highest BCUT2D eigenvalue weighted by Gasteiger charge is 2.16. The first-order valence-electron chi connectivity index (χ1n) is 9.22. The van der Waals surface area contributed by atoms with Crippen molar-refractivity contribution < 1.29 is 19.1 Å². The molecule has 0 fully saturated rings. The van der Waals surface area contributed by atoms with Crippen LogP contribution in [0.15, 0.2) is 78.9 Å². The molecular weight excluding hydrogens is 368 g/mol. The van der Waals surface area contributed by atoms with E-state index in [1.807, 2.05) is 32.0 Å². The van der Waals surface area contributed by atoms with Crippen LogP contribution in [0.5, 0.6) is 17.2 Å². The van der Waals surface area contributed by atoms with Crippen molar-refractivity contribution in [3.8, 4) is 17.2 Å². The van der Waals surface area contributed by atoms with Gasteiger partial charge in [-0.05, 0) is 62.4 Å². The fraction of sp³-hybridized carbons (Fsp3) is 0.130. The number of anilines is 2. The monoisotopic (exact) mass is 390 g/mol. The third kappa shape index (κ3) is 5.84. The molecule has 3 aromatic carbocycles. The Morgan fingerprint density at radius 3 is 2.03 bits per heavy atom. The molecule has 0 aromatic heterocycles. The molecular formula is C23H22N2O4. The van der Waals surface area contributed by atoms with Crippen LogP contribution in [0.2, 0.25) is 0 Å². The molecule has 6 nitrogen and oxygen atoms in total. The lowest BCUT2D eigenvalue weighted by Gasteiger charge is -2.12. The fourth-order valence-electron chi connectivity index (χ4n) is 2.53. The normalized spacial score (nSPS) is 10.3. The lowest BCUT2D eigenvalue weighted by Crippen LogP contribution is -2.29. The Kier molecular flexibility index (Phi) is 6.47. The van der Waals surface area contributed by atoms with E-state index in [4.69, 9.17) is 9.47 Å². The number of para-hydroxylation sites is 3. The molecule has 148 valence electrons. The molecule has 0 aliphatic rings. The van der Waals surface area contributed by atoms with Crippen LogP contribution in [0.25, 0.3) is 0 Å². The van der Waals surface area contributed by atoms with Crippen LogP contribution in [-0.4, -0.2) is 17.9 Å². The predicted octanol–water partition coefficient (Wildman–Crippen LogP) is 4.84. The molecule has 0 heterocycles. The van der Waals surface area contributed by atoms with E-state index >= 15 is 0 Å². The molecule has 0 radical (unpaired) electrons. The van der Waals surface area contributed by atoms with E-state index in [0.717, 1.165) is 0 Å². The summed E-state index contributed by atoms with van der Waals surface area (Å²) < 4.78 is 11.3. The lowest BCUT2D eigenvalue weighted by atomic mass is 10.2. The zero-order chi connectivity index (χ0) is 20.6. The van der Waals surface area contributed by atoms with E-state index in [1.165, 1.54) is 0 Å². The summed E-state index contributed by atoms with van der Waals surface area (Å²) in [7, 11) is 0. The molecule has 3 rings (SSSR count). The molecule has 0 spiro atoms. The minimum atomic E-state index is -0.795. The highest BCUT2D eigenvalue weighted by molar-refractivity contribution is 6.43. The highest BCUT2D eigenvalue weighted by Crippen LogP contribution is 2.29. The molecule has 0 aliphatic carbocycles. The van der Waals surface area contributed by atoms with Crippen LogP contribution < -0.4 is 20.1 Å². The second kappa shape index (κ2) is 9.41. The Hall–Kier alpha value is -3.80. The SMILES string of the molecule is CC(C)Oc1ccc(NC(=O)C(=O)Nc2ccccc2Oc2ccccc2)cc1. The standard InChI is InChI=1S/C23H22N2O4/c1-16(2)28-19-14-12-17(13-15-19)24-22(26)23(27)25-20-10-6-7-11-21(20)29-18-8-4-3-5-9-18/h3-16H,1-2H3,(H,24,26)(H,25,27). The Labute approximate surface area is 169 Å². The largest absolute Gasteiger partial charge is 0.491 e. The van der Waals surface area contributed by atoms with Crippen LogP contribution in [0.3, 0.4) is 0 Å². The number of carbonyl (C=O) groups excluding carboxylic acids is 2. The second-order valence-electron chi connectivity index (χ2n) is 6.51. The number of amides is 2. The molecule has 2 amide bonds. The van der Waals surface area contributed by atoms with E-state index in [2.05, 4.69) is 10.6 Å². The van der Waals surface area contributed by atoms with E-state index in [1.54, 1.807) is 60.7 Å². The van der Waals surface area contributed by atoms with Crippen LogP contribution in [0.4, 0.5) is 11.4 Å². The molecule has 6 heteroatoms. The average Bonchev–Trinajstić information content (AvgIpc) is 2.71. The van der Waals surface area contributed by atoms with Crippen molar-refractivity contribution in [1.29, 1.82) is 0 Å². The fourth-order valence-corrected chi connectivity index (χ4v) is 2.53. The number of hydrogen-bond donors (Lipinski definition) is 2. The number of nitrogens with one attached hydrogen (secondary N) is 2. The van der Waals surface area contributed by atoms with E-state index in [0.29, 0.717) is 28.6 Å². The minimum absolute atomic E-state index is 0.0550. The van der Waals surface area contributed by atoms with Crippen molar-refractivity contribution in [3.05, 3.63) is 78.9 Å². The van der Waals surface area contributed by atoms with E-state index in [-0.39, 0.29) is 6.10 Å². The molecule has 0 aliphatic heterocycles. The average molecular weight is 390 g/mol. The maximum Gasteiger partial charge on any atom is 0.314 e. The first kappa shape index (κ1) is 19.9. The van der Waals surface area contributed by atoms with Gasteiger partial charge < -0.3 is 20.1 Å². The molecule has 0 saturated heterocycles. The van der Waals surface area contributed by atoms with Gasteiger partial charge in [-0.1, -0.05) is 30.3 Å². The zero-order valence-corrected chi connectivity index (χ0v) is 16.2. The van der Waals surface area contributed by atoms with Gasteiger partial charge in [0, 0.05) is 5.69 Å². The molecule has 0 atom stereocenters. The molecule has 29 heavy (non-hydrogen) atoms. The zero-order valence-electron chi connectivity index (χ0n) is 16.2. The van der Waals surface area contributed by atoms with Crippen molar-refractivity contribution in [2.75, 3.05) is 10.6 Å². The number of carbonyl (C=O) groups is 2. The van der Waals surface area contributed by atoms with Crippen molar-refractivity contribution in [2.45, 2.75) is 20.0 Å². The maximum atomic E-state index is 12.3. The van der Waals surface area contributed by atoms with Gasteiger partial charge in [0.25, 0.3) is 0 Å². The minimum Gasteiger partial charge on any atom is -0.491 e. The third-order valence-corrected chi connectivity index (χ3v) is 3.80. The molecule has 2 N–H and O–H groups in total. The third-order valence-electron chi connectivity index (χ3n) is 3.80. The first-order chi connectivity index (χ1) is 14.0. The Bertz CT molecular complexity index is 970. The van der Waals surface area contributed by atoms with Gasteiger partial charge in [0.05, 0.1) is 11.8 Å². The van der Waals surface area contributed by atoms with Crippen LogP contribution >= 0.6 is 0 Å². The Morgan fingerprint density at radius 1 is 0.724 bits per heavy atom. The number of benzene rings is 3. The first-order valence-corrected chi connectivity index (χ1v) is 9.22. The van der Waals surface area contributed by atoms with E-state index in [9.17, 15) is 9.59 Å². The molecule has 0 saturated carbocycles. The van der Waals surface area contributed by atoms with Crippen molar-refractivity contribution in [3.63, 3.8) is 0 Å². The van der Waals surface area contributed by atoms with Gasteiger partial charge in [-0.15, -0.1) is 0 Å². The van der Waals surface area contributed by atoms with Gasteiger partial charge in [-0.3, -0.25) is 9.59 Å². The summed E-state index contributed by atoms with van der Waals surface area (Å²) in [6, 6.07) is 22.9. The lowest BCUT2D eigenvalue weighted by molar-refractivity contribution is -0.133. The van der Waals surface area contributed by atoms with Crippen molar-refractivity contribution >= 4 is 23.2 Å². The highest BCUT2D eigenvalue weighted by atomic mass is 16.5. The Morgan fingerprint density at radius 2 is 1.34 bits per heavy atom. The molecule has 0 bridgehead atoms. The van der Waals surface area contributed by atoms with Gasteiger partial charge in [0.15, 0.2) is 5.75 Å². The molecule has 3 aromatic rings.